The van der Waals surface area contributed by atoms with Gasteiger partial charge < -0.3 is 4.74 Å². The lowest BCUT2D eigenvalue weighted by atomic mass is 9.87. The molecule has 0 aliphatic heterocycles. The second kappa shape index (κ2) is 8.59. The first-order chi connectivity index (χ1) is 13.0. The van der Waals surface area contributed by atoms with Crippen LogP contribution in [-0.4, -0.2) is 18.2 Å². The largest absolute Gasteiger partial charge is 0.481 e. The lowest BCUT2D eigenvalue weighted by molar-refractivity contribution is -0.127. The number of benzene rings is 2. The van der Waals surface area contributed by atoms with Crippen molar-refractivity contribution in [2.24, 2.45) is 5.10 Å². The van der Waals surface area contributed by atoms with Gasteiger partial charge in [-0.3, -0.25) is 4.79 Å². The van der Waals surface area contributed by atoms with Crippen molar-refractivity contribution in [1.29, 1.82) is 0 Å². The maximum atomic E-state index is 12.2. The van der Waals surface area contributed by atoms with E-state index in [1.54, 1.807) is 13.1 Å². The first kappa shape index (κ1) is 21.7. The maximum absolute atomic E-state index is 12.2. The molecular weight excluding hydrogens is 348 g/mol. The number of nitrogens with zero attached hydrogens (tertiary/aromatic N) is 1. The molecule has 1 N–H and O–H groups in total. The van der Waals surface area contributed by atoms with Crippen LogP contribution in [0.4, 0.5) is 0 Å². The number of ether oxygens (including phenoxy) is 1. The third kappa shape index (κ3) is 6.22. The fraction of sp³-hybridized carbons (Fsp3) is 0.417. The molecule has 0 saturated heterocycles. The Kier molecular flexibility index (Phi) is 6.65. The number of amides is 1. The number of hydrogen-bond acceptors (Lipinski definition) is 3. The zero-order chi connectivity index (χ0) is 20.9. The first-order valence-electron chi connectivity index (χ1n) is 9.67. The molecule has 28 heavy (non-hydrogen) atoms. The molecule has 0 aromatic heterocycles. The molecule has 1 atom stereocenters. The summed E-state index contributed by atoms with van der Waals surface area (Å²) >= 11 is 0. The summed E-state index contributed by atoms with van der Waals surface area (Å²) in [5.74, 6) is 0.375. The predicted molar refractivity (Wildman–Crippen MR) is 116 cm³/mol. The van der Waals surface area contributed by atoms with E-state index in [0.717, 1.165) is 5.56 Å². The average molecular weight is 381 g/mol. The topological polar surface area (TPSA) is 50.7 Å². The van der Waals surface area contributed by atoms with Crippen LogP contribution in [0.15, 0.2) is 53.6 Å². The van der Waals surface area contributed by atoms with E-state index in [-0.39, 0.29) is 16.7 Å². The molecule has 0 saturated carbocycles. The molecule has 2 aromatic carbocycles. The number of carbonyl (C=O) groups is 1. The van der Waals surface area contributed by atoms with E-state index in [2.05, 4.69) is 64.2 Å². The molecule has 2 aromatic rings. The molecule has 0 fully saturated rings. The Morgan fingerprint density at radius 1 is 0.893 bits per heavy atom. The average Bonchev–Trinajstić information content (AvgIpc) is 2.61. The molecule has 0 radical (unpaired) electrons. The third-order valence-electron chi connectivity index (χ3n) is 4.57. The minimum Gasteiger partial charge on any atom is -0.481 e. The van der Waals surface area contributed by atoms with Gasteiger partial charge in [0.05, 0.1) is 6.21 Å². The standard InChI is InChI=1S/C24H32N2O2/c1-17(28-21-14-12-20(13-15-21)24(5,6)7)22(27)26-25-16-18-8-10-19(11-9-18)23(2,3)4/h8-17H,1-7H3,(H,26,27)/b25-16+. The van der Waals surface area contributed by atoms with Crippen LogP contribution in [0.3, 0.4) is 0 Å². The molecule has 150 valence electrons. The summed E-state index contributed by atoms with van der Waals surface area (Å²) in [6, 6.07) is 16.0. The van der Waals surface area contributed by atoms with Gasteiger partial charge in [-0.1, -0.05) is 77.9 Å². The number of carbonyl (C=O) groups excluding carboxylic acids is 1. The highest BCUT2D eigenvalue weighted by Gasteiger charge is 2.16. The van der Waals surface area contributed by atoms with E-state index in [1.807, 2.05) is 36.4 Å². The highest BCUT2D eigenvalue weighted by atomic mass is 16.5. The zero-order valence-corrected chi connectivity index (χ0v) is 18.0. The van der Waals surface area contributed by atoms with Crippen molar-refractivity contribution < 1.29 is 9.53 Å². The van der Waals surface area contributed by atoms with Gasteiger partial charge in [0.15, 0.2) is 6.10 Å². The van der Waals surface area contributed by atoms with Gasteiger partial charge in [0.2, 0.25) is 0 Å². The highest BCUT2D eigenvalue weighted by molar-refractivity contribution is 5.84. The highest BCUT2D eigenvalue weighted by Crippen LogP contribution is 2.24. The first-order valence-corrected chi connectivity index (χ1v) is 9.67. The summed E-state index contributed by atoms with van der Waals surface area (Å²) in [6.07, 6.45) is 0.996. The van der Waals surface area contributed by atoms with Gasteiger partial charge in [-0.2, -0.15) is 5.10 Å². The number of hydrogen-bond donors (Lipinski definition) is 1. The van der Waals surface area contributed by atoms with Crippen LogP contribution in [-0.2, 0) is 15.6 Å². The van der Waals surface area contributed by atoms with E-state index in [4.69, 9.17) is 4.74 Å². The van der Waals surface area contributed by atoms with Crippen LogP contribution in [0, 0.1) is 0 Å². The minimum absolute atomic E-state index is 0.0846. The number of nitrogens with one attached hydrogen (secondary N) is 1. The monoisotopic (exact) mass is 380 g/mol. The van der Waals surface area contributed by atoms with E-state index in [0.29, 0.717) is 5.75 Å². The van der Waals surface area contributed by atoms with Crippen LogP contribution >= 0.6 is 0 Å². The third-order valence-corrected chi connectivity index (χ3v) is 4.57. The SMILES string of the molecule is CC(Oc1ccc(C(C)(C)C)cc1)C(=O)N/N=C/c1ccc(C(C)(C)C)cc1. The predicted octanol–water partition coefficient (Wildman–Crippen LogP) is 5.20. The van der Waals surface area contributed by atoms with Gasteiger partial charge >= 0.3 is 0 Å². The quantitative estimate of drug-likeness (QED) is 0.572. The lowest BCUT2D eigenvalue weighted by Gasteiger charge is -2.20. The van der Waals surface area contributed by atoms with E-state index in [1.165, 1.54) is 11.1 Å². The zero-order valence-electron chi connectivity index (χ0n) is 18.0. The molecule has 2 rings (SSSR count). The molecule has 4 heteroatoms. The summed E-state index contributed by atoms with van der Waals surface area (Å²) < 4.78 is 5.71. The molecule has 0 heterocycles. The Labute approximate surface area is 169 Å². The van der Waals surface area contributed by atoms with Gasteiger partial charge in [-0.25, -0.2) is 5.43 Å². The van der Waals surface area contributed by atoms with Crippen molar-refractivity contribution in [3.63, 3.8) is 0 Å². The Balaban J connectivity index is 1.89. The molecule has 0 aliphatic rings. The molecule has 0 spiro atoms. The van der Waals surface area contributed by atoms with E-state index in [9.17, 15) is 4.79 Å². The Morgan fingerprint density at radius 3 is 1.82 bits per heavy atom. The fourth-order valence-corrected chi connectivity index (χ4v) is 2.62. The lowest BCUT2D eigenvalue weighted by Crippen LogP contribution is -2.33. The summed E-state index contributed by atoms with van der Waals surface area (Å²) in [6.45, 7) is 14.7. The summed E-state index contributed by atoms with van der Waals surface area (Å²) in [4.78, 5) is 12.2. The summed E-state index contributed by atoms with van der Waals surface area (Å²) in [5, 5.41) is 4.04. The van der Waals surface area contributed by atoms with Crippen molar-refractivity contribution in [2.75, 3.05) is 0 Å². The maximum Gasteiger partial charge on any atom is 0.280 e. The van der Waals surface area contributed by atoms with E-state index < -0.39 is 6.10 Å². The summed E-state index contributed by atoms with van der Waals surface area (Å²) in [7, 11) is 0. The number of hydrazone groups is 1. The second-order valence-electron chi connectivity index (χ2n) is 9.14. The molecule has 0 bridgehead atoms. The normalized spacial score (nSPS) is 13.4. The van der Waals surface area contributed by atoms with Crippen molar-refractivity contribution in [2.45, 2.75) is 65.4 Å². The van der Waals surface area contributed by atoms with Gasteiger partial charge in [0, 0.05) is 0 Å². The molecule has 1 unspecified atom stereocenters. The molecular formula is C24H32N2O2. The molecule has 0 aliphatic carbocycles. The molecule has 1 amide bonds. The van der Waals surface area contributed by atoms with Gasteiger partial charge in [-0.15, -0.1) is 0 Å². The van der Waals surface area contributed by atoms with E-state index >= 15 is 0 Å². The van der Waals surface area contributed by atoms with Crippen LogP contribution in [0.5, 0.6) is 5.75 Å². The second-order valence-corrected chi connectivity index (χ2v) is 9.14. The van der Waals surface area contributed by atoms with Gasteiger partial charge in [0.1, 0.15) is 5.75 Å². The molecule has 4 nitrogen and oxygen atoms in total. The Bertz CT molecular complexity index is 808. The Morgan fingerprint density at radius 2 is 1.36 bits per heavy atom. The van der Waals surface area contributed by atoms with Crippen molar-refractivity contribution in [3.8, 4) is 5.75 Å². The number of rotatable bonds is 5. The smallest absolute Gasteiger partial charge is 0.280 e. The van der Waals surface area contributed by atoms with Gasteiger partial charge in [0.25, 0.3) is 5.91 Å². The van der Waals surface area contributed by atoms with Crippen molar-refractivity contribution >= 4 is 12.1 Å². The van der Waals surface area contributed by atoms with Crippen LogP contribution < -0.4 is 10.2 Å². The Hall–Kier alpha value is -2.62. The van der Waals surface area contributed by atoms with Crippen LogP contribution in [0.1, 0.15) is 65.2 Å². The minimum atomic E-state index is -0.638. The van der Waals surface area contributed by atoms with Crippen molar-refractivity contribution in [1.82, 2.24) is 5.43 Å². The van der Waals surface area contributed by atoms with Crippen LogP contribution in [0.2, 0.25) is 0 Å². The van der Waals surface area contributed by atoms with Gasteiger partial charge in [-0.05, 0) is 46.6 Å². The van der Waals surface area contributed by atoms with Crippen LogP contribution in [0.25, 0.3) is 0 Å². The summed E-state index contributed by atoms with van der Waals surface area (Å²) in [5.41, 5.74) is 6.14. The fourth-order valence-electron chi connectivity index (χ4n) is 2.62. The van der Waals surface area contributed by atoms with Crippen molar-refractivity contribution in [3.05, 3.63) is 65.2 Å².